The first-order valence-corrected chi connectivity index (χ1v) is 20.6. The number of carboxylic acids is 1. The number of fused-ring (bicyclic) bond motifs is 4. The van der Waals surface area contributed by atoms with E-state index < -0.39 is 31.0 Å². The molecule has 0 radical (unpaired) electrons. The van der Waals surface area contributed by atoms with Crippen LogP contribution in [0.5, 0.6) is 11.5 Å². The number of rotatable bonds is 10. The maximum absolute atomic E-state index is 13.4. The molecular formula is C37H41N3O8S2. The van der Waals surface area contributed by atoms with Gasteiger partial charge in [0.2, 0.25) is 15.4 Å². The van der Waals surface area contributed by atoms with Crippen LogP contribution >= 0.6 is 0 Å². The number of hydrogen-bond acceptors (Lipinski definition) is 8. The lowest BCUT2D eigenvalue weighted by Gasteiger charge is -2.39. The summed E-state index contributed by atoms with van der Waals surface area (Å²) in [7, 11) is -9.32. The van der Waals surface area contributed by atoms with Crippen LogP contribution in [0.2, 0.25) is 0 Å². The Morgan fingerprint density at radius 1 is 0.860 bits per heavy atom. The van der Waals surface area contributed by atoms with Crippen LogP contribution in [-0.2, 0) is 50.6 Å². The van der Waals surface area contributed by atoms with Crippen LogP contribution in [0.1, 0.15) is 84.7 Å². The number of nitrogens with one attached hydrogen (secondary N) is 1. The molecule has 50 heavy (non-hydrogen) atoms. The average Bonchev–Trinajstić information content (AvgIpc) is 3.09. The molecule has 0 aliphatic carbocycles. The fourth-order valence-electron chi connectivity index (χ4n) is 8.75. The van der Waals surface area contributed by atoms with Crippen molar-refractivity contribution >= 4 is 37.4 Å². The average molecular weight is 720 g/mol. The highest BCUT2D eigenvalue weighted by Crippen LogP contribution is 2.49. The third-order valence-electron chi connectivity index (χ3n) is 10.8. The normalized spacial score (nSPS) is 17.7. The number of hydrogen-bond donors (Lipinski definition) is 2. The molecule has 0 amide bonds. The third-order valence-corrected chi connectivity index (χ3v) is 13.2. The second-order valence-electron chi connectivity index (χ2n) is 14.1. The summed E-state index contributed by atoms with van der Waals surface area (Å²) < 4.78 is 78.0. The van der Waals surface area contributed by atoms with Crippen LogP contribution < -0.4 is 29.5 Å². The topological polar surface area (TPSA) is 156 Å². The van der Waals surface area contributed by atoms with Gasteiger partial charge in [0.25, 0.3) is 0 Å². The number of anilines is 1. The van der Waals surface area contributed by atoms with E-state index in [0.717, 1.165) is 106 Å². The van der Waals surface area contributed by atoms with E-state index in [0.29, 0.717) is 36.3 Å². The lowest BCUT2D eigenvalue weighted by atomic mass is 9.82. The molecule has 2 N–H and O–H groups in total. The summed E-state index contributed by atoms with van der Waals surface area (Å²) in [5.41, 5.74) is 7.30. The number of carboxylic acid groups (broad SMARTS) is 1. The molecule has 5 aliphatic rings. The quantitative estimate of drug-likeness (QED) is 0.143. The Bertz CT molecular complexity index is 2300. The molecular weight excluding hydrogens is 679 g/mol. The monoisotopic (exact) mass is 719 g/mol. The summed E-state index contributed by atoms with van der Waals surface area (Å²) in [6.45, 7) is 3.96. The molecule has 0 saturated carbocycles. The molecule has 8 rings (SSSR count). The molecule has 0 atom stereocenters. The van der Waals surface area contributed by atoms with Crippen molar-refractivity contribution < 1.29 is 36.0 Å². The molecule has 264 valence electrons. The van der Waals surface area contributed by atoms with Crippen molar-refractivity contribution in [3.8, 4) is 11.5 Å². The number of benzene rings is 3. The summed E-state index contributed by atoms with van der Waals surface area (Å²) >= 11 is 0. The maximum atomic E-state index is 13.4. The number of aliphatic carboxylic acids is 1. The van der Waals surface area contributed by atoms with Gasteiger partial charge in [0.05, 0.1) is 15.4 Å². The van der Waals surface area contributed by atoms with E-state index in [1.54, 1.807) is 0 Å². The van der Waals surface area contributed by atoms with Crippen molar-refractivity contribution in [1.82, 2.24) is 9.30 Å². The summed E-state index contributed by atoms with van der Waals surface area (Å²) in [4.78, 5) is 12.3. The van der Waals surface area contributed by atoms with Crippen LogP contribution in [0.15, 0.2) is 40.1 Å². The van der Waals surface area contributed by atoms with Gasteiger partial charge >= 0.3 is 5.97 Å². The molecule has 5 aliphatic heterocycles. The summed E-state index contributed by atoms with van der Waals surface area (Å²) in [5, 5.41) is 10.8. The minimum absolute atomic E-state index is 0.000171. The number of nitrogens with zero attached hydrogens (tertiary/aromatic N) is 2. The molecule has 3 aromatic carbocycles. The van der Waals surface area contributed by atoms with E-state index in [1.165, 1.54) is 34.3 Å². The van der Waals surface area contributed by atoms with Gasteiger partial charge in [0.1, 0.15) is 34.7 Å². The first-order chi connectivity index (χ1) is 24.0. The van der Waals surface area contributed by atoms with Crippen molar-refractivity contribution in [2.45, 2.75) is 86.8 Å². The Labute approximate surface area is 292 Å². The summed E-state index contributed by atoms with van der Waals surface area (Å²) in [6.07, 6.45) is 8.70. The molecule has 0 bridgehead atoms. The van der Waals surface area contributed by atoms with Gasteiger partial charge in [-0.3, -0.25) is 4.79 Å². The third kappa shape index (κ3) is 5.81. The smallest absolute Gasteiger partial charge is 0.303 e. The maximum Gasteiger partial charge on any atom is 0.303 e. The summed E-state index contributed by atoms with van der Waals surface area (Å²) in [6, 6.07) is 8.04. The highest BCUT2D eigenvalue weighted by molar-refractivity contribution is 7.89. The number of unbranched alkanes of at least 4 members (excludes halogenated alkanes) is 2. The van der Waals surface area contributed by atoms with Gasteiger partial charge in [-0.15, -0.1) is 0 Å². The molecule has 0 saturated heterocycles. The van der Waals surface area contributed by atoms with Crippen molar-refractivity contribution in [2.24, 2.45) is 0 Å². The second kappa shape index (κ2) is 12.8. The van der Waals surface area contributed by atoms with Gasteiger partial charge in [-0.2, -0.15) is 0 Å². The van der Waals surface area contributed by atoms with Crippen LogP contribution in [0, 0.1) is 0 Å². The van der Waals surface area contributed by atoms with E-state index >= 15 is 0 Å². The highest BCUT2D eigenvalue weighted by Gasteiger charge is 2.36. The zero-order chi connectivity index (χ0) is 34.8. The Kier molecular flexibility index (Phi) is 8.52. The zero-order valence-electron chi connectivity index (χ0n) is 27.9. The van der Waals surface area contributed by atoms with Gasteiger partial charge in [0.15, 0.2) is 0 Å². The lowest BCUT2D eigenvalue weighted by molar-refractivity contribution is -0.137. The predicted molar refractivity (Wildman–Crippen MR) is 186 cm³/mol. The number of ether oxygens (including phenoxy) is 1. The fraction of sp³-hybridized carbons (Fsp3) is 0.459. The van der Waals surface area contributed by atoms with Gasteiger partial charge in [0, 0.05) is 77.6 Å². The van der Waals surface area contributed by atoms with E-state index in [4.69, 9.17) is 9.84 Å². The molecule has 3 aromatic rings. The lowest BCUT2D eigenvalue weighted by Crippen LogP contribution is -2.45. The minimum atomic E-state index is -5.15. The van der Waals surface area contributed by atoms with Crippen molar-refractivity contribution in [1.29, 1.82) is 0 Å². The molecule has 0 unspecified atom stereocenters. The van der Waals surface area contributed by atoms with E-state index in [-0.39, 0.29) is 23.4 Å². The first kappa shape index (κ1) is 33.4. The Morgan fingerprint density at radius 3 is 2.38 bits per heavy atom. The molecule has 0 fully saturated rings. The van der Waals surface area contributed by atoms with Crippen molar-refractivity contribution in [3.63, 3.8) is 0 Å². The van der Waals surface area contributed by atoms with Gasteiger partial charge < -0.3 is 19.3 Å². The summed E-state index contributed by atoms with van der Waals surface area (Å²) in [5.74, 6) is 0.502. The van der Waals surface area contributed by atoms with Crippen LogP contribution in [0.4, 0.5) is 5.69 Å². The Balaban J connectivity index is 1.33. The van der Waals surface area contributed by atoms with Gasteiger partial charge in [-0.1, -0.05) is 12.5 Å². The Morgan fingerprint density at radius 2 is 1.60 bits per heavy atom. The van der Waals surface area contributed by atoms with E-state index in [2.05, 4.69) is 26.3 Å². The number of sulfonamides is 1. The standard InChI is InChI=1S/C37H41N3O8S2/c41-32(42)12-2-1-3-15-38-49(43,44)25-13-14-26(31(22-25)50(45,46)47)33-29-20-23-8-4-16-39-18-6-10-27(34(23)39)36(29)48-37-28-11-7-19-40-17-5-9-24(35(28)40)21-30(33)37/h13-14,20-22,38H,1-12,15-19H2,(H-,41,42,45,46,47). The SMILES string of the molecule is O=C(O)CCCCCNS(=O)(=O)c1ccc(C2=c3cc4c5c(c3Oc3c2cc2c6c3CCCN6CCC2)CCC[N+]=5CCC4)c(S(=O)(=O)[O-])c1. The van der Waals surface area contributed by atoms with E-state index in [9.17, 15) is 26.2 Å². The zero-order valence-corrected chi connectivity index (χ0v) is 29.6. The van der Waals surface area contributed by atoms with Crippen molar-refractivity contribution in [2.75, 3.05) is 37.6 Å². The highest BCUT2D eigenvalue weighted by atomic mass is 32.2. The first-order valence-electron chi connectivity index (χ1n) is 17.8. The van der Waals surface area contributed by atoms with Crippen LogP contribution in [-0.4, -0.2) is 65.2 Å². The number of aryl methyl sites for hydroxylation is 2. The largest absolute Gasteiger partial charge is 0.744 e. The van der Waals surface area contributed by atoms with Crippen molar-refractivity contribution in [3.05, 3.63) is 74.3 Å². The Hall–Kier alpha value is -3.78. The molecule has 0 aromatic heterocycles. The van der Waals surface area contributed by atoms with Crippen LogP contribution in [0.3, 0.4) is 0 Å². The second-order valence-corrected chi connectivity index (χ2v) is 17.2. The molecule has 5 heterocycles. The molecule has 13 heteroatoms. The van der Waals surface area contributed by atoms with Gasteiger partial charge in [-0.25, -0.2) is 26.1 Å². The van der Waals surface area contributed by atoms with Crippen LogP contribution in [0.25, 0.3) is 5.57 Å². The predicted octanol–water partition coefficient (Wildman–Crippen LogP) is 2.95. The van der Waals surface area contributed by atoms with E-state index in [1.807, 2.05) is 0 Å². The van der Waals surface area contributed by atoms with Gasteiger partial charge in [-0.05, 0) is 81.2 Å². The molecule has 11 nitrogen and oxygen atoms in total. The molecule has 0 spiro atoms. The number of carbonyl (C=O) groups is 1. The minimum Gasteiger partial charge on any atom is -0.744 e. The fourth-order valence-corrected chi connectivity index (χ4v) is 10.6.